The number of carboxylic acid groups (broad SMARTS) is 1. The Morgan fingerprint density at radius 3 is 1.14 bits per heavy atom. The minimum atomic E-state index is -1.20. The van der Waals surface area contributed by atoms with Gasteiger partial charge in [-0.05, 0) is 37.1 Å². The van der Waals surface area contributed by atoms with Gasteiger partial charge in [0.05, 0.1) is 100 Å². The lowest BCUT2D eigenvalue weighted by Gasteiger charge is -2.27. The van der Waals surface area contributed by atoms with Crippen LogP contribution >= 0.6 is 0 Å². The molecular formula is C57H38N12O10. The maximum atomic E-state index is 13.4. The highest BCUT2D eigenvalue weighted by Crippen LogP contribution is 2.58. The number of fused-ring (bicyclic) bond motifs is 26. The fourth-order valence-electron chi connectivity index (χ4n) is 15.0. The van der Waals surface area contributed by atoms with Gasteiger partial charge in [0.1, 0.15) is 12.1 Å². The molecule has 18 rings (SSSR count). The van der Waals surface area contributed by atoms with E-state index in [9.17, 15) is 44.1 Å². The molecule has 2 saturated carbocycles. The Balaban J connectivity index is 0.000000127. The van der Waals surface area contributed by atoms with Crippen molar-refractivity contribution in [3.05, 3.63) is 143 Å². The molecular weight excluding hydrogens is 1010 g/mol. The van der Waals surface area contributed by atoms with Gasteiger partial charge >= 0.3 is 11.9 Å². The van der Waals surface area contributed by atoms with E-state index < -0.39 is 65.9 Å². The average Bonchev–Trinajstić information content (AvgIpc) is 2.21. The number of carbonyl (C=O) groups excluding carboxylic acids is 5. The number of aliphatic hydroxyl groups excluding tert-OH is 2. The van der Waals surface area contributed by atoms with Crippen molar-refractivity contribution in [2.45, 2.75) is 61.3 Å². The van der Waals surface area contributed by atoms with E-state index in [-0.39, 0.29) is 29.5 Å². The van der Waals surface area contributed by atoms with E-state index in [1.807, 2.05) is 97.1 Å². The number of esters is 1. The number of nitrogens with zero attached hydrogens (tertiary/aromatic N) is 10. The summed E-state index contributed by atoms with van der Waals surface area (Å²) in [6.45, 7) is 0. The monoisotopic (exact) mass is 1050 g/mol. The number of rotatable bonds is 4. The van der Waals surface area contributed by atoms with E-state index >= 15 is 0 Å². The van der Waals surface area contributed by atoms with E-state index in [0.29, 0.717) is 45.9 Å². The molecule has 4 amide bonds. The first-order valence-corrected chi connectivity index (χ1v) is 25.7. The van der Waals surface area contributed by atoms with Crippen molar-refractivity contribution in [2.75, 3.05) is 7.11 Å². The minimum absolute atomic E-state index is 0.0543. The largest absolute Gasteiger partial charge is 0.476 e. The van der Waals surface area contributed by atoms with E-state index in [0.717, 1.165) is 76.5 Å². The molecule has 6 aliphatic rings. The summed E-state index contributed by atoms with van der Waals surface area (Å²) in [6, 6.07) is 28.5. The number of nitrogens with one attached hydrogen (secondary N) is 2. The topological polar surface area (TPSA) is 278 Å². The molecule has 2 fully saturated rings. The van der Waals surface area contributed by atoms with Gasteiger partial charge in [0.15, 0.2) is 11.4 Å². The van der Waals surface area contributed by atoms with Crippen LogP contribution in [0.3, 0.4) is 0 Å². The third-order valence-electron chi connectivity index (χ3n) is 17.8. The summed E-state index contributed by atoms with van der Waals surface area (Å²) >= 11 is 0. The average molecular weight is 1050 g/mol. The second kappa shape index (κ2) is 14.9. The molecule has 12 aromatic rings. The summed E-state index contributed by atoms with van der Waals surface area (Å²) in [6.07, 6.45) is 2.11. The first kappa shape index (κ1) is 44.1. The summed E-state index contributed by atoms with van der Waals surface area (Å²) in [5.74, 6) is -3.47. The highest BCUT2D eigenvalue weighted by molar-refractivity contribution is 6.41. The molecule has 22 nitrogen and oxygen atoms in total. The summed E-state index contributed by atoms with van der Waals surface area (Å²) in [7, 11) is 1.28. The Kier molecular flexibility index (Phi) is 8.32. The number of amides is 4. The molecule has 0 radical (unpaired) electrons. The zero-order valence-electron chi connectivity index (χ0n) is 41.1. The SMILES string of the molecule is COC(=O)c1cn([C@@H]2C3CC([C@H]2O)n2c4ccccc4c4c5c(c6c7ccccc7n3c6c42)C(=O)NC5=O)nn1.O=C(O)c1cn([C@@H]2C3CC([C@H]2O)n2c4ccccc4c4c5c(c6c7ccccc7n3c6c42)C(=O)NC5=O)nn1. The van der Waals surface area contributed by atoms with Gasteiger partial charge in [-0.3, -0.25) is 29.8 Å². The van der Waals surface area contributed by atoms with Crippen LogP contribution in [0, 0.1) is 0 Å². The van der Waals surface area contributed by atoms with E-state index in [1.54, 1.807) is 4.68 Å². The molecule has 2 aliphatic carbocycles. The number of carboxylic acids is 1. The molecule has 386 valence electrons. The minimum Gasteiger partial charge on any atom is -0.476 e. The summed E-state index contributed by atoms with van der Waals surface area (Å²) in [5.41, 5.74) is 8.10. The van der Waals surface area contributed by atoms with Crippen LogP contribution in [0.15, 0.2) is 109 Å². The number of ether oxygens (including phenoxy) is 1. The van der Waals surface area contributed by atoms with Crippen LogP contribution in [0.5, 0.6) is 0 Å². The molecule has 4 unspecified atom stereocenters. The summed E-state index contributed by atoms with van der Waals surface area (Å²) in [4.78, 5) is 77.1. The number of aromatic nitrogens is 10. The molecule has 22 heteroatoms. The number of aliphatic hydroxyl groups is 2. The highest BCUT2D eigenvalue weighted by Gasteiger charge is 2.53. The van der Waals surface area contributed by atoms with Crippen LogP contribution in [0.2, 0.25) is 0 Å². The van der Waals surface area contributed by atoms with Crippen LogP contribution in [-0.2, 0) is 4.74 Å². The van der Waals surface area contributed by atoms with Gasteiger partial charge in [0.2, 0.25) is 0 Å². The molecule has 8 atom stereocenters. The summed E-state index contributed by atoms with van der Waals surface area (Å²) < 4.78 is 16.4. The van der Waals surface area contributed by atoms with Crippen molar-refractivity contribution >= 4 is 123 Å². The van der Waals surface area contributed by atoms with Gasteiger partial charge in [-0.2, -0.15) is 0 Å². The highest BCUT2D eigenvalue weighted by atomic mass is 16.5. The smallest absolute Gasteiger partial charge is 0.360 e. The van der Waals surface area contributed by atoms with E-state index in [4.69, 9.17) is 4.74 Å². The zero-order valence-corrected chi connectivity index (χ0v) is 41.1. The first-order chi connectivity index (χ1) is 38.4. The fourth-order valence-corrected chi connectivity index (χ4v) is 15.0. The van der Waals surface area contributed by atoms with Gasteiger partial charge in [-0.1, -0.05) is 83.2 Å². The second-order valence-corrected chi connectivity index (χ2v) is 21.2. The number of imide groups is 2. The number of methoxy groups -OCH3 is 1. The second-order valence-electron chi connectivity index (χ2n) is 21.2. The Morgan fingerprint density at radius 1 is 0.494 bits per heavy atom. The van der Waals surface area contributed by atoms with Crippen molar-refractivity contribution in [1.82, 2.24) is 58.9 Å². The Hall–Kier alpha value is -10.1. The Labute approximate surface area is 440 Å². The number of carbonyl (C=O) groups is 6. The normalized spacial score (nSPS) is 23.2. The number of hydrogen-bond acceptors (Lipinski definition) is 13. The third-order valence-corrected chi connectivity index (χ3v) is 17.8. The van der Waals surface area contributed by atoms with Crippen molar-refractivity contribution in [3.63, 3.8) is 0 Å². The molecule has 0 saturated heterocycles. The van der Waals surface area contributed by atoms with Gasteiger partial charge in [-0.25, -0.2) is 19.0 Å². The Morgan fingerprint density at radius 2 is 0.810 bits per heavy atom. The van der Waals surface area contributed by atoms with Crippen LogP contribution < -0.4 is 10.6 Å². The number of aromatic carboxylic acids is 1. The third kappa shape index (κ3) is 5.22. The molecule has 79 heavy (non-hydrogen) atoms. The van der Waals surface area contributed by atoms with Crippen LogP contribution in [0.1, 0.15) is 112 Å². The predicted octanol–water partition coefficient (Wildman–Crippen LogP) is 6.44. The molecule has 0 spiro atoms. The lowest BCUT2D eigenvalue weighted by Crippen LogP contribution is -2.30. The standard InChI is InChI=1S/C29H20N6O5.C28H18N6O5/c1-40-29(39)14-11-33(32-31-14)23-17-10-18(26(23)36)35-16-9-5-3-7-13(16)20-22-21(27(37)30-28(22)38)19-12-6-2-4-8-15(12)34(17)24(19)25(20)35;35-25-17-9-16(22(25)32-10-13(28(38)39)30-31-32)33-14-7-3-1-5-11(14)18-20-21(27(37)29-26(20)36)19-12-6-2-4-8-15(12)34(17)24(19)23(18)33/h2-9,11,17-18,23,26,36H,10H2,1H3,(H,30,37,38);1-8,10,16-17,22,25,35H,9H2,(H,38,39)(H,29,36,37)/t17?,18?,23-,26-;16?,17?,22-,25-/m11/s1. The van der Waals surface area contributed by atoms with Gasteiger partial charge < -0.3 is 38.3 Å². The van der Waals surface area contributed by atoms with E-state index in [2.05, 4.69) is 49.5 Å². The van der Waals surface area contributed by atoms with Crippen LogP contribution in [0.25, 0.3) is 87.2 Å². The fraction of sp³-hybridized carbons (Fsp3) is 0.193. The van der Waals surface area contributed by atoms with Gasteiger partial charge in [-0.15, -0.1) is 10.2 Å². The van der Waals surface area contributed by atoms with Crippen molar-refractivity contribution < 1.29 is 48.8 Å². The number of hydrogen-bond donors (Lipinski definition) is 5. The van der Waals surface area contributed by atoms with Crippen molar-refractivity contribution in [1.29, 1.82) is 0 Å². The molecule has 4 aliphatic heterocycles. The molecule has 5 N–H and O–H groups in total. The molecule has 10 heterocycles. The number of para-hydroxylation sites is 4. The first-order valence-electron chi connectivity index (χ1n) is 25.7. The lowest BCUT2D eigenvalue weighted by atomic mass is 9.96. The lowest BCUT2D eigenvalue weighted by molar-refractivity contribution is 0.0591. The molecule has 6 aromatic heterocycles. The Bertz CT molecular complexity index is 4940. The quantitative estimate of drug-likeness (QED) is 0.0937. The molecule has 4 bridgehead atoms. The van der Waals surface area contributed by atoms with Crippen LogP contribution in [-0.4, -0.2) is 118 Å². The summed E-state index contributed by atoms with van der Waals surface area (Å²) in [5, 5.41) is 60.8. The van der Waals surface area contributed by atoms with Gasteiger partial charge in [0.25, 0.3) is 23.6 Å². The number of benzene rings is 6. The maximum absolute atomic E-state index is 13.4. The van der Waals surface area contributed by atoms with Gasteiger partial charge in [0, 0.05) is 65.2 Å². The molecule has 6 aromatic carbocycles. The zero-order chi connectivity index (χ0) is 53.3. The maximum Gasteiger partial charge on any atom is 0.360 e. The van der Waals surface area contributed by atoms with Crippen LogP contribution in [0.4, 0.5) is 0 Å². The predicted molar refractivity (Wildman–Crippen MR) is 282 cm³/mol. The van der Waals surface area contributed by atoms with Crippen molar-refractivity contribution in [3.8, 4) is 0 Å². The van der Waals surface area contributed by atoms with E-state index in [1.165, 1.54) is 24.2 Å². The van der Waals surface area contributed by atoms with Crippen molar-refractivity contribution in [2.24, 2.45) is 0 Å².